The maximum Gasteiger partial charge on any atom is 0.327 e. The normalized spacial score (nSPS) is 12.7. The van der Waals surface area contributed by atoms with Crippen molar-refractivity contribution in [1.82, 2.24) is 0 Å². The molecule has 0 saturated carbocycles. The van der Waals surface area contributed by atoms with Crippen LogP contribution in [0.15, 0.2) is 46.9 Å². The number of methoxy groups -OCH3 is 1. The highest BCUT2D eigenvalue weighted by Crippen LogP contribution is 2.29. The van der Waals surface area contributed by atoms with Crippen molar-refractivity contribution in [2.24, 2.45) is 5.73 Å². The first-order valence-corrected chi connectivity index (χ1v) is 7.54. The van der Waals surface area contributed by atoms with Crippen LogP contribution in [0.4, 0.5) is 0 Å². The van der Waals surface area contributed by atoms with Gasteiger partial charge in [-0.15, -0.1) is 0 Å². The summed E-state index contributed by atoms with van der Waals surface area (Å²) in [6.07, 6.45) is 1.62. The standard InChI is InChI=1S/C17H16BrNO4/c1-23-17(22)16(19)14(10-2-5-13(20)6-3-10)9-11-8-12(18)4-7-15(11)21/h2-9,16,20-21H,19H2,1H3. The first kappa shape index (κ1) is 17.1. The lowest BCUT2D eigenvalue weighted by atomic mass is 9.96. The predicted octanol–water partition coefficient (Wildman–Crippen LogP) is 2.90. The Morgan fingerprint density at radius 1 is 1.22 bits per heavy atom. The molecule has 0 spiro atoms. The first-order valence-electron chi connectivity index (χ1n) is 6.75. The molecule has 0 amide bonds. The van der Waals surface area contributed by atoms with Crippen molar-refractivity contribution in [2.45, 2.75) is 6.04 Å². The molecule has 0 heterocycles. The van der Waals surface area contributed by atoms with E-state index in [4.69, 9.17) is 10.5 Å². The molecule has 0 aliphatic carbocycles. The van der Waals surface area contributed by atoms with Crippen molar-refractivity contribution < 1.29 is 19.7 Å². The minimum atomic E-state index is -1.03. The highest BCUT2D eigenvalue weighted by Gasteiger charge is 2.21. The Hall–Kier alpha value is -2.31. The Labute approximate surface area is 142 Å². The number of benzene rings is 2. The van der Waals surface area contributed by atoms with E-state index in [-0.39, 0.29) is 11.5 Å². The van der Waals surface area contributed by atoms with Gasteiger partial charge >= 0.3 is 5.97 Å². The third-order valence-corrected chi connectivity index (χ3v) is 3.78. The van der Waals surface area contributed by atoms with Gasteiger partial charge in [-0.05, 0) is 47.5 Å². The second-order valence-electron chi connectivity index (χ2n) is 4.85. The summed E-state index contributed by atoms with van der Waals surface area (Å²) in [5.74, 6) is -0.439. The Kier molecular flexibility index (Phi) is 5.41. The lowest BCUT2D eigenvalue weighted by molar-refractivity contribution is -0.140. The maximum absolute atomic E-state index is 11.8. The zero-order valence-electron chi connectivity index (χ0n) is 12.4. The number of aromatic hydroxyl groups is 2. The summed E-state index contributed by atoms with van der Waals surface area (Å²) in [6.45, 7) is 0. The van der Waals surface area contributed by atoms with E-state index < -0.39 is 12.0 Å². The maximum atomic E-state index is 11.8. The molecule has 0 aliphatic rings. The molecule has 1 unspecified atom stereocenters. The lowest BCUT2D eigenvalue weighted by Gasteiger charge is -2.15. The fraction of sp³-hybridized carbons (Fsp3) is 0.118. The number of ether oxygens (including phenoxy) is 1. The Morgan fingerprint density at radius 2 is 1.87 bits per heavy atom. The molecule has 5 nitrogen and oxygen atoms in total. The van der Waals surface area contributed by atoms with Crippen LogP contribution in [0.2, 0.25) is 0 Å². The van der Waals surface area contributed by atoms with Crippen LogP contribution in [-0.4, -0.2) is 29.3 Å². The molecule has 0 radical (unpaired) electrons. The van der Waals surface area contributed by atoms with Crippen molar-refractivity contribution in [2.75, 3.05) is 7.11 Å². The number of carbonyl (C=O) groups excluding carboxylic acids is 1. The Balaban J connectivity index is 2.56. The van der Waals surface area contributed by atoms with Crippen LogP contribution in [-0.2, 0) is 9.53 Å². The molecule has 1 atom stereocenters. The second kappa shape index (κ2) is 7.30. The van der Waals surface area contributed by atoms with Crippen LogP contribution in [0.3, 0.4) is 0 Å². The quantitative estimate of drug-likeness (QED) is 0.562. The molecule has 0 aliphatic heterocycles. The van der Waals surface area contributed by atoms with Crippen LogP contribution < -0.4 is 5.73 Å². The monoisotopic (exact) mass is 377 g/mol. The number of carbonyl (C=O) groups is 1. The summed E-state index contributed by atoms with van der Waals surface area (Å²) in [7, 11) is 1.26. The molecule has 0 fully saturated rings. The van der Waals surface area contributed by atoms with Gasteiger partial charge in [0.15, 0.2) is 0 Å². The summed E-state index contributed by atoms with van der Waals surface area (Å²) < 4.78 is 5.48. The molecule has 120 valence electrons. The number of phenols is 2. The van der Waals surface area contributed by atoms with Crippen molar-refractivity contribution in [1.29, 1.82) is 0 Å². The van der Waals surface area contributed by atoms with Gasteiger partial charge in [0.1, 0.15) is 17.5 Å². The zero-order valence-corrected chi connectivity index (χ0v) is 13.9. The van der Waals surface area contributed by atoms with E-state index in [0.717, 1.165) is 4.47 Å². The van der Waals surface area contributed by atoms with E-state index in [2.05, 4.69) is 15.9 Å². The molecule has 2 aromatic rings. The topological polar surface area (TPSA) is 92.8 Å². The summed E-state index contributed by atoms with van der Waals surface area (Å²) >= 11 is 3.34. The molecule has 2 rings (SSSR count). The average Bonchev–Trinajstić information content (AvgIpc) is 2.55. The molecular formula is C17H16BrNO4. The van der Waals surface area contributed by atoms with Crippen molar-refractivity contribution in [3.8, 4) is 11.5 Å². The smallest absolute Gasteiger partial charge is 0.327 e. The number of esters is 1. The molecule has 0 saturated heterocycles. The Morgan fingerprint density at radius 3 is 2.48 bits per heavy atom. The van der Waals surface area contributed by atoms with Gasteiger partial charge in [-0.25, -0.2) is 0 Å². The molecule has 4 N–H and O–H groups in total. The predicted molar refractivity (Wildman–Crippen MR) is 91.8 cm³/mol. The minimum Gasteiger partial charge on any atom is -0.508 e. The fourth-order valence-corrected chi connectivity index (χ4v) is 2.45. The number of halogens is 1. The summed E-state index contributed by atoms with van der Waals surface area (Å²) in [4.78, 5) is 11.8. The second-order valence-corrected chi connectivity index (χ2v) is 5.77. The summed E-state index contributed by atoms with van der Waals surface area (Å²) in [5.41, 5.74) is 7.58. The van der Waals surface area contributed by atoms with E-state index in [0.29, 0.717) is 16.7 Å². The zero-order chi connectivity index (χ0) is 17.0. The van der Waals surface area contributed by atoms with Crippen molar-refractivity contribution >= 4 is 33.5 Å². The fourth-order valence-electron chi connectivity index (χ4n) is 2.07. The van der Waals surface area contributed by atoms with Gasteiger partial charge in [-0.3, -0.25) is 4.79 Å². The largest absolute Gasteiger partial charge is 0.508 e. The van der Waals surface area contributed by atoms with Gasteiger partial charge in [0.2, 0.25) is 0 Å². The summed E-state index contributed by atoms with van der Waals surface area (Å²) in [5, 5.41) is 19.4. The minimum absolute atomic E-state index is 0.0570. The van der Waals surface area contributed by atoms with Crippen LogP contribution in [0.5, 0.6) is 11.5 Å². The van der Waals surface area contributed by atoms with Gasteiger partial charge in [0.25, 0.3) is 0 Å². The number of rotatable bonds is 4. The van der Waals surface area contributed by atoms with E-state index in [1.807, 2.05) is 0 Å². The van der Waals surface area contributed by atoms with Crippen LogP contribution in [0, 0.1) is 0 Å². The SMILES string of the molecule is COC(=O)C(N)C(=Cc1cc(Br)ccc1O)c1ccc(O)cc1. The van der Waals surface area contributed by atoms with Gasteiger partial charge in [0, 0.05) is 10.0 Å². The molecule has 23 heavy (non-hydrogen) atoms. The van der Waals surface area contributed by atoms with Crippen molar-refractivity contribution in [3.63, 3.8) is 0 Å². The summed E-state index contributed by atoms with van der Waals surface area (Å²) in [6, 6.07) is 10.2. The van der Waals surface area contributed by atoms with Gasteiger partial charge in [-0.2, -0.15) is 0 Å². The van der Waals surface area contributed by atoms with Crippen LogP contribution >= 0.6 is 15.9 Å². The van der Waals surface area contributed by atoms with Crippen molar-refractivity contribution in [3.05, 3.63) is 58.1 Å². The number of nitrogens with two attached hydrogens (primary N) is 1. The molecule has 0 bridgehead atoms. The molecule has 2 aromatic carbocycles. The van der Waals surface area contributed by atoms with E-state index in [9.17, 15) is 15.0 Å². The number of phenolic OH excluding ortho intramolecular Hbond substituents is 2. The number of hydrogen-bond acceptors (Lipinski definition) is 5. The molecule has 0 aromatic heterocycles. The van der Waals surface area contributed by atoms with Crippen LogP contribution in [0.1, 0.15) is 11.1 Å². The third-order valence-electron chi connectivity index (χ3n) is 3.29. The average molecular weight is 378 g/mol. The van der Waals surface area contributed by atoms with Gasteiger partial charge in [-0.1, -0.05) is 28.1 Å². The van der Waals surface area contributed by atoms with Crippen LogP contribution in [0.25, 0.3) is 11.6 Å². The molecule has 6 heteroatoms. The highest BCUT2D eigenvalue weighted by atomic mass is 79.9. The van der Waals surface area contributed by atoms with Gasteiger partial charge < -0.3 is 20.7 Å². The van der Waals surface area contributed by atoms with E-state index >= 15 is 0 Å². The Bertz CT molecular complexity index is 741. The number of hydrogen-bond donors (Lipinski definition) is 3. The lowest BCUT2D eigenvalue weighted by Crippen LogP contribution is -2.32. The third kappa shape index (κ3) is 4.12. The molecular weight excluding hydrogens is 362 g/mol. The van der Waals surface area contributed by atoms with Gasteiger partial charge in [0.05, 0.1) is 7.11 Å². The first-order chi connectivity index (χ1) is 10.9. The highest BCUT2D eigenvalue weighted by molar-refractivity contribution is 9.10. The van der Waals surface area contributed by atoms with E-state index in [1.54, 1.807) is 30.3 Å². The van der Waals surface area contributed by atoms with E-state index in [1.165, 1.54) is 25.3 Å².